The number of halogens is 1. The second kappa shape index (κ2) is 8.60. The average Bonchev–Trinajstić information content (AvgIpc) is 2.96. The maximum atomic E-state index is 12.3. The molecule has 1 amide bonds. The molecule has 1 N–H and O–H groups in total. The summed E-state index contributed by atoms with van der Waals surface area (Å²) in [6.45, 7) is 3.99. The van der Waals surface area contributed by atoms with Crippen LogP contribution in [0.4, 0.5) is 0 Å². The predicted molar refractivity (Wildman–Crippen MR) is 95.7 cm³/mol. The van der Waals surface area contributed by atoms with Gasteiger partial charge in [-0.05, 0) is 36.0 Å². The molecule has 0 radical (unpaired) electrons. The van der Waals surface area contributed by atoms with E-state index in [0.717, 1.165) is 42.7 Å². The van der Waals surface area contributed by atoms with Crippen molar-refractivity contribution in [1.82, 2.24) is 4.90 Å². The van der Waals surface area contributed by atoms with Crippen LogP contribution in [0.5, 0.6) is 11.5 Å². The minimum atomic E-state index is -0.189. The Bertz CT molecular complexity index is 700. The van der Waals surface area contributed by atoms with Gasteiger partial charge in [0.2, 0.25) is 0 Å². The number of amidine groups is 1. The molecule has 0 unspecified atom stereocenters. The maximum absolute atomic E-state index is 12.3. The molecule has 0 aromatic heterocycles. The Morgan fingerprint density at radius 3 is 2.60 bits per heavy atom. The number of thioether (sulfide) groups is 1. The standard InChI is InChI=1S/C17H21N3O3S.ClH/c1-19-6-8-20(9-7-19)17-18-16(21)15(24-17)11-12-10-13(22-2)4-5-14(12)23-3;/h4-5,10-11H,6-9H2,1-3H3;1H/b15-11+;. The number of quaternary nitrogens is 1. The highest BCUT2D eigenvalue weighted by molar-refractivity contribution is 8.18. The number of carbonyl (C=O) groups excluding carboxylic acids is 1. The number of nitrogens with one attached hydrogen (secondary N) is 1. The Morgan fingerprint density at radius 2 is 1.96 bits per heavy atom. The number of hydrogen-bond acceptors (Lipinski definition) is 5. The minimum absolute atomic E-state index is 0. The summed E-state index contributed by atoms with van der Waals surface area (Å²) in [5.74, 6) is 1.24. The van der Waals surface area contributed by atoms with E-state index in [1.807, 2.05) is 24.3 Å². The van der Waals surface area contributed by atoms with Crippen molar-refractivity contribution in [3.8, 4) is 11.5 Å². The maximum Gasteiger partial charge on any atom is 0.286 e. The molecule has 0 atom stereocenters. The number of aliphatic imine (C=N–C) groups is 1. The topological polar surface area (TPSA) is 55.6 Å². The number of hydrogen-bond donors (Lipinski definition) is 1. The fourth-order valence-corrected chi connectivity index (χ4v) is 3.66. The Morgan fingerprint density at radius 1 is 1.24 bits per heavy atom. The van der Waals surface area contributed by atoms with Crippen LogP contribution in [-0.2, 0) is 4.79 Å². The first-order valence-corrected chi connectivity index (χ1v) is 8.73. The van der Waals surface area contributed by atoms with Gasteiger partial charge in [-0.3, -0.25) is 4.79 Å². The Balaban J connectivity index is 0.00000225. The molecule has 136 valence electrons. The third kappa shape index (κ3) is 4.48. The summed E-state index contributed by atoms with van der Waals surface area (Å²) in [7, 11) is 5.42. The molecule has 2 heterocycles. The molecular weight excluding hydrogens is 362 g/mol. The molecule has 2 aliphatic rings. The van der Waals surface area contributed by atoms with Gasteiger partial charge in [-0.15, -0.1) is 0 Å². The van der Waals surface area contributed by atoms with Gasteiger partial charge in [-0.25, -0.2) is 0 Å². The lowest BCUT2D eigenvalue weighted by molar-refractivity contribution is -0.883. The summed E-state index contributed by atoms with van der Waals surface area (Å²) >= 11 is 1.44. The van der Waals surface area contributed by atoms with Crippen molar-refractivity contribution in [2.45, 2.75) is 0 Å². The van der Waals surface area contributed by atoms with Crippen molar-refractivity contribution in [3.05, 3.63) is 28.7 Å². The molecule has 8 heteroatoms. The van der Waals surface area contributed by atoms with E-state index in [4.69, 9.17) is 9.47 Å². The first-order chi connectivity index (χ1) is 11.6. The number of piperazine rings is 1. The van der Waals surface area contributed by atoms with E-state index in [0.29, 0.717) is 10.7 Å². The van der Waals surface area contributed by atoms with Crippen LogP contribution in [0, 0.1) is 0 Å². The van der Waals surface area contributed by atoms with Gasteiger partial charge in [0, 0.05) is 5.56 Å². The summed E-state index contributed by atoms with van der Waals surface area (Å²) in [4.78, 5) is 20.8. The van der Waals surface area contributed by atoms with Gasteiger partial charge in [-0.1, -0.05) is 0 Å². The van der Waals surface area contributed by atoms with Crippen molar-refractivity contribution < 1.29 is 31.6 Å². The second-order valence-corrected chi connectivity index (χ2v) is 6.87. The lowest BCUT2D eigenvalue weighted by atomic mass is 10.1. The van der Waals surface area contributed by atoms with E-state index in [2.05, 4.69) is 16.9 Å². The molecule has 0 spiro atoms. The molecule has 1 saturated heterocycles. The zero-order valence-corrected chi connectivity index (χ0v) is 16.1. The van der Waals surface area contributed by atoms with E-state index in [-0.39, 0.29) is 18.3 Å². The van der Waals surface area contributed by atoms with Gasteiger partial charge >= 0.3 is 0 Å². The number of amides is 1. The summed E-state index contributed by atoms with van der Waals surface area (Å²) in [6, 6.07) is 5.52. The lowest BCUT2D eigenvalue weighted by Gasteiger charge is -2.30. The predicted octanol–water partition coefficient (Wildman–Crippen LogP) is -2.49. The van der Waals surface area contributed by atoms with Crippen molar-refractivity contribution in [2.24, 2.45) is 4.99 Å². The highest BCUT2D eigenvalue weighted by atomic mass is 35.5. The van der Waals surface area contributed by atoms with E-state index in [1.165, 1.54) is 16.7 Å². The second-order valence-electron chi connectivity index (χ2n) is 5.86. The smallest absolute Gasteiger partial charge is 0.286 e. The molecule has 2 aliphatic heterocycles. The van der Waals surface area contributed by atoms with Gasteiger partial charge in [0.05, 0.1) is 52.4 Å². The van der Waals surface area contributed by atoms with Crippen LogP contribution in [0.2, 0.25) is 0 Å². The van der Waals surface area contributed by atoms with Crippen LogP contribution in [0.25, 0.3) is 6.08 Å². The molecule has 0 saturated carbocycles. The van der Waals surface area contributed by atoms with E-state index < -0.39 is 0 Å². The van der Waals surface area contributed by atoms with Crippen molar-refractivity contribution in [2.75, 3.05) is 47.4 Å². The normalized spacial score (nSPS) is 19.6. The molecule has 1 aromatic carbocycles. The van der Waals surface area contributed by atoms with Crippen LogP contribution >= 0.6 is 11.8 Å². The van der Waals surface area contributed by atoms with Gasteiger partial charge in [0.25, 0.3) is 5.91 Å². The number of rotatable bonds is 3. The third-order valence-electron chi connectivity index (χ3n) is 4.22. The zero-order valence-electron chi connectivity index (χ0n) is 14.5. The summed E-state index contributed by atoms with van der Waals surface area (Å²) in [6.07, 6.45) is 1.83. The number of likely N-dealkylation sites (N-methyl/N-ethyl adjacent to an activating group) is 1. The fraction of sp³-hybridized carbons (Fsp3) is 0.412. The molecule has 6 nitrogen and oxygen atoms in total. The molecule has 0 aliphatic carbocycles. The quantitative estimate of drug-likeness (QED) is 0.585. The summed E-state index contributed by atoms with van der Waals surface area (Å²) < 4.78 is 10.6. The monoisotopic (exact) mass is 383 g/mol. The van der Waals surface area contributed by atoms with E-state index >= 15 is 0 Å². The van der Waals surface area contributed by atoms with Crippen LogP contribution in [0.1, 0.15) is 5.56 Å². The number of methoxy groups -OCH3 is 2. The van der Waals surface area contributed by atoms with Crippen LogP contribution < -0.4 is 26.8 Å². The fourth-order valence-electron chi connectivity index (χ4n) is 2.71. The Hall–Kier alpha value is -1.70. The van der Waals surface area contributed by atoms with Crippen molar-refractivity contribution in [3.63, 3.8) is 0 Å². The van der Waals surface area contributed by atoms with Crippen LogP contribution in [0.3, 0.4) is 0 Å². The Kier molecular flexibility index (Phi) is 6.75. The van der Waals surface area contributed by atoms with E-state index in [9.17, 15) is 4.79 Å². The number of ether oxygens (including phenoxy) is 2. The summed E-state index contributed by atoms with van der Waals surface area (Å²) in [5, 5.41) is 0.806. The molecular formula is C17H22ClN3O3S. The zero-order chi connectivity index (χ0) is 17.1. The molecule has 25 heavy (non-hydrogen) atoms. The van der Waals surface area contributed by atoms with Crippen molar-refractivity contribution in [1.29, 1.82) is 0 Å². The number of nitrogens with zero attached hydrogens (tertiary/aromatic N) is 2. The molecule has 0 bridgehead atoms. The highest BCUT2D eigenvalue weighted by Gasteiger charge is 2.29. The first-order valence-electron chi connectivity index (χ1n) is 7.91. The third-order valence-corrected chi connectivity index (χ3v) is 5.26. The first kappa shape index (κ1) is 19.6. The number of benzene rings is 1. The highest BCUT2D eigenvalue weighted by Crippen LogP contribution is 2.33. The van der Waals surface area contributed by atoms with Crippen LogP contribution in [0.15, 0.2) is 28.1 Å². The Labute approximate surface area is 158 Å². The lowest BCUT2D eigenvalue weighted by Crippen LogP contribution is -3.12. The van der Waals surface area contributed by atoms with Crippen molar-refractivity contribution >= 4 is 28.9 Å². The largest absolute Gasteiger partial charge is 1.00 e. The molecule has 1 aromatic rings. The van der Waals surface area contributed by atoms with Gasteiger partial charge in [0.1, 0.15) is 11.5 Å². The van der Waals surface area contributed by atoms with Gasteiger partial charge in [0.15, 0.2) is 5.17 Å². The van der Waals surface area contributed by atoms with Gasteiger partial charge < -0.3 is 31.7 Å². The minimum Gasteiger partial charge on any atom is -1.00 e. The average molecular weight is 384 g/mol. The SMILES string of the molecule is COc1ccc(OC)c(/C=C2/SC(N3CC[NH+](C)CC3)=NC2=O)c1.[Cl-]. The summed E-state index contributed by atoms with van der Waals surface area (Å²) in [5.41, 5.74) is 0.812. The molecule has 1 fully saturated rings. The number of carbonyl (C=O) groups is 1. The van der Waals surface area contributed by atoms with Crippen LogP contribution in [-0.4, -0.2) is 63.4 Å². The van der Waals surface area contributed by atoms with E-state index in [1.54, 1.807) is 14.2 Å². The van der Waals surface area contributed by atoms with Gasteiger partial charge in [-0.2, -0.15) is 4.99 Å². The molecule has 3 rings (SSSR count).